The third-order valence-corrected chi connectivity index (χ3v) is 5.46. The van der Waals surface area contributed by atoms with Crippen molar-refractivity contribution >= 4 is 41.4 Å². The van der Waals surface area contributed by atoms with Crippen LogP contribution >= 0.6 is 11.8 Å². The van der Waals surface area contributed by atoms with Crippen LogP contribution in [0.2, 0.25) is 0 Å². The molecule has 0 aromatic heterocycles. The molecule has 7 N–H and O–H groups in total. The van der Waals surface area contributed by atoms with Crippen molar-refractivity contribution in [2.75, 3.05) is 12.0 Å². The first-order valence-electron chi connectivity index (χ1n) is 10.9. The number of rotatable bonds is 16. The summed E-state index contributed by atoms with van der Waals surface area (Å²) < 4.78 is 0. The van der Waals surface area contributed by atoms with Gasteiger partial charge in [0.05, 0.1) is 6.04 Å². The first-order valence-corrected chi connectivity index (χ1v) is 12.3. The Kier molecular flexibility index (Phi) is 14.4. The molecule has 12 heteroatoms. The second kappa shape index (κ2) is 15.5. The van der Waals surface area contributed by atoms with Crippen LogP contribution in [0, 0.1) is 11.8 Å². The van der Waals surface area contributed by atoms with Gasteiger partial charge in [-0.15, -0.1) is 0 Å². The highest BCUT2D eigenvalue weighted by molar-refractivity contribution is 7.98. The standard InChI is InChI=1S/C21H38N4O7S/c1-11(2)10-15(20(30)25-17(12(3)4)21(31)32)24-19(29)14(6-7-16(26)27)23-18(28)13(22)8-9-33-5/h11-15,17H,6-10,22H2,1-5H3,(H,23,28)(H,24,29)(H,25,30)(H,26,27)(H,31,32). The quantitative estimate of drug-likeness (QED) is 0.175. The van der Waals surface area contributed by atoms with Gasteiger partial charge in [-0.2, -0.15) is 11.8 Å². The molecule has 0 aromatic carbocycles. The van der Waals surface area contributed by atoms with E-state index < -0.39 is 53.8 Å². The van der Waals surface area contributed by atoms with E-state index in [1.54, 1.807) is 13.8 Å². The maximum absolute atomic E-state index is 12.9. The monoisotopic (exact) mass is 490 g/mol. The van der Waals surface area contributed by atoms with Crippen LogP contribution in [0.4, 0.5) is 0 Å². The zero-order valence-electron chi connectivity index (χ0n) is 19.9. The second-order valence-corrected chi connectivity index (χ2v) is 9.63. The van der Waals surface area contributed by atoms with E-state index in [9.17, 15) is 29.1 Å². The van der Waals surface area contributed by atoms with E-state index in [4.69, 9.17) is 10.8 Å². The molecule has 0 spiro atoms. The van der Waals surface area contributed by atoms with Crippen LogP contribution in [0.3, 0.4) is 0 Å². The smallest absolute Gasteiger partial charge is 0.326 e. The van der Waals surface area contributed by atoms with Crippen molar-refractivity contribution in [1.82, 2.24) is 16.0 Å². The number of hydrogen-bond donors (Lipinski definition) is 6. The highest BCUT2D eigenvalue weighted by Crippen LogP contribution is 2.09. The summed E-state index contributed by atoms with van der Waals surface area (Å²) in [4.78, 5) is 60.5. The number of carbonyl (C=O) groups is 5. The van der Waals surface area contributed by atoms with Crippen LogP contribution in [-0.2, 0) is 24.0 Å². The van der Waals surface area contributed by atoms with E-state index in [0.717, 1.165) is 0 Å². The van der Waals surface area contributed by atoms with E-state index in [-0.39, 0.29) is 31.1 Å². The highest BCUT2D eigenvalue weighted by Gasteiger charge is 2.31. The molecule has 0 saturated heterocycles. The van der Waals surface area contributed by atoms with Gasteiger partial charge in [-0.25, -0.2) is 4.79 Å². The van der Waals surface area contributed by atoms with Crippen molar-refractivity contribution in [2.45, 2.75) is 77.5 Å². The largest absolute Gasteiger partial charge is 0.481 e. The molecule has 0 aliphatic rings. The summed E-state index contributed by atoms with van der Waals surface area (Å²) in [7, 11) is 0. The molecule has 0 rings (SSSR count). The fourth-order valence-electron chi connectivity index (χ4n) is 2.93. The number of carbonyl (C=O) groups excluding carboxylic acids is 3. The van der Waals surface area contributed by atoms with Crippen LogP contribution in [0.25, 0.3) is 0 Å². The van der Waals surface area contributed by atoms with E-state index in [0.29, 0.717) is 12.2 Å². The van der Waals surface area contributed by atoms with E-state index >= 15 is 0 Å². The van der Waals surface area contributed by atoms with Crippen LogP contribution in [0.5, 0.6) is 0 Å². The third kappa shape index (κ3) is 12.5. The molecule has 0 aliphatic heterocycles. The van der Waals surface area contributed by atoms with Gasteiger partial charge < -0.3 is 31.9 Å². The molecule has 3 amide bonds. The summed E-state index contributed by atoms with van der Waals surface area (Å²) in [6, 6.07) is -4.28. The van der Waals surface area contributed by atoms with E-state index in [2.05, 4.69) is 16.0 Å². The van der Waals surface area contributed by atoms with Crippen LogP contribution < -0.4 is 21.7 Å². The van der Waals surface area contributed by atoms with Crippen LogP contribution in [-0.4, -0.2) is 76.0 Å². The van der Waals surface area contributed by atoms with Crippen molar-refractivity contribution in [3.8, 4) is 0 Å². The molecule has 33 heavy (non-hydrogen) atoms. The Balaban J connectivity index is 5.51. The fourth-order valence-corrected chi connectivity index (χ4v) is 3.42. The average molecular weight is 491 g/mol. The normalized spacial score (nSPS) is 14.8. The third-order valence-electron chi connectivity index (χ3n) is 4.82. The molecule has 0 heterocycles. The summed E-state index contributed by atoms with van der Waals surface area (Å²) >= 11 is 1.51. The lowest BCUT2D eigenvalue weighted by atomic mass is 9.99. The summed E-state index contributed by atoms with van der Waals surface area (Å²) in [5, 5.41) is 25.8. The second-order valence-electron chi connectivity index (χ2n) is 8.64. The Labute approximate surface area is 199 Å². The van der Waals surface area contributed by atoms with Crippen LogP contribution in [0.15, 0.2) is 0 Å². The van der Waals surface area contributed by atoms with E-state index in [1.165, 1.54) is 11.8 Å². The number of nitrogens with two attached hydrogens (primary N) is 1. The van der Waals surface area contributed by atoms with Gasteiger partial charge in [0.2, 0.25) is 17.7 Å². The molecule has 11 nitrogen and oxygen atoms in total. The molecule has 0 fully saturated rings. The topological polar surface area (TPSA) is 188 Å². The number of carboxylic acid groups (broad SMARTS) is 2. The Hall–Kier alpha value is -2.34. The van der Waals surface area contributed by atoms with Gasteiger partial charge >= 0.3 is 11.9 Å². The molecule has 0 aliphatic carbocycles. The Morgan fingerprint density at radius 1 is 0.848 bits per heavy atom. The number of thioether (sulfide) groups is 1. The maximum atomic E-state index is 12.9. The molecule has 0 aromatic rings. The summed E-state index contributed by atoms with van der Waals surface area (Å²) in [5.74, 6) is -4.10. The zero-order chi connectivity index (χ0) is 25.7. The van der Waals surface area contributed by atoms with Crippen molar-refractivity contribution in [3.63, 3.8) is 0 Å². The predicted octanol–water partition coefficient (Wildman–Crippen LogP) is 0.173. The molecule has 190 valence electrons. The van der Waals surface area contributed by atoms with Gasteiger partial charge in [0.25, 0.3) is 0 Å². The first kappa shape index (κ1) is 30.7. The molecular formula is C21H38N4O7S. The number of aliphatic carboxylic acids is 2. The Morgan fingerprint density at radius 2 is 1.39 bits per heavy atom. The lowest BCUT2D eigenvalue weighted by molar-refractivity contribution is -0.143. The summed E-state index contributed by atoms with van der Waals surface area (Å²) in [6.07, 6.45) is 1.89. The number of carboxylic acids is 2. The fraction of sp³-hybridized carbons (Fsp3) is 0.762. The van der Waals surface area contributed by atoms with Crippen molar-refractivity contribution in [3.05, 3.63) is 0 Å². The molecular weight excluding hydrogens is 452 g/mol. The SMILES string of the molecule is CSCCC(N)C(=O)NC(CCC(=O)O)C(=O)NC(CC(C)C)C(=O)NC(C(=O)O)C(C)C. The number of hydrogen-bond acceptors (Lipinski definition) is 7. The number of nitrogens with one attached hydrogen (secondary N) is 3. The Morgan fingerprint density at radius 3 is 1.85 bits per heavy atom. The highest BCUT2D eigenvalue weighted by atomic mass is 32.2. The zero-order valence-corrected chi connectivity index (χ0v) is 20.7. The van der Waals surface area contributed by atoms with Crippen molar-refractivity contribution in [1.29, 1.82) is 0 Å². The minimum Gasteiger partial charge on any atom is -0.481 e. The molecule has 4 unspecified atom stereocenters. The molecule has 0 saturated carbocycles. The summed E-state index contributed by atoms with van der Waals surface area (Å²) in [6.45, 7) is 6.95. The van der Waals surface area contributed by atoms with Crippen LogP contribution in [0.1, 0.15) is 53.4 Å². The van der Waals surface area contributed by atoms with E-state index in [1.807, 2.05) is 20.1 Å². The lowest BCUT2D eigenvalue weighted by Crippen LogP contribution is -2.58. The minimum atomic E-state index is -1.21. The lowest BCUT2D eigenvalue weighted by Gasteiger charge is -2.26. The molecule has 4 atom stereocenters. The summed E-state index contributed by atoms with van der Waals surface area (Å²) in [5.41, 5.74) is 5.84. The van der Waals surface area contributed by atoms with Gasteiger partial charge in [0.15, 0.2) is 0 Å². The van der Waals surface area contributed by atoms with Gasteiger partial charge in [0.1, 0.15) is 18.1 Å². The van der Waals surface area contributed by atoms with Crippen molar-refractivity contribution < 1.29 is 34.2 Å². The molecule has 0 bridgehead atoms. The van der Waals surface area contributed by atoms with Gasteiger partial charge in [-0.05, 0) is 43.1 Å². The number of amides is 3. The Bertz CT molecular complexity index is 688. The van der Waals surface area contributed by atoms with Gasteiger partial charge in [0, 0.05) is 6.42 Å². The van der Waals surface area contributed by atoms with Gasteiger partial charge in [-0.3, -0.25) is 19.2 Å². The minimum absolute atomic E-state index is 0.0181. The van der Waals surface area contributed by atoms with Crippen molar-refractivity contribution in [2.24, 2.45) is 17.6 Å². The average Bonchev–Trinajstić information content (AvgIpc) is 2.70. The molecule has 0 radical (unpaired) electrons. The predicted molar refractivity (Wildman–Crippen MR) is 126 cm³/mol. The van der Waals surface area contributed by atoms with Gasteiger partial charge in [-0.1, -0.05) is 27.7 Å². The maximum Gasteiger partial charge on any atom is 0.326 e. The first-order chi connectivity index (χ1) is 15.3.